The van der Waals surface area contributed by atoms with Crippen LogP contribution in [0.1, 0.15) is 11.1 Å². The van der Waals surface area contributed by atoms with Gasteiger partial charge >= 0.3 is 0 Å². The fourth-order valence-electron chi connectivity index (χ4n) is 1.83. The first-order valence-corrected chi connectivity index (χ1v) is 6.75. The molecule has 0 unspecified atom stereocenters. The van der Waals surface area contributed by atoms with E-state index in [1.165, 1.54) is 11.8 Å². The predicted octanol–water partition coefficient (Wildman–Crippen LogP) is 0.704. The Morgan fingerprint density at radius 1 is 1.40 bits per heavy atom. The van der Waals surface area contributed by atoms with E-state index in [0.29, 0.717) is 0 Å². The van der Waals surface area contributed by atoms with Crippen molar-refractivity contribution in [2.75, 3.05) is 17.5 Å². The number of hydrogen-bond donors (Lipinski definition) is 2. The van der Waals surface area contributed by atoms with E-state index in [1.807, 2.05) is 18.2 Å². The van der Waals surface area contributed by atoms with Gasteiger partial charge in [0.05, 0.1) is 11.9 Å². The number of sulfonamides is 1. The van der Waals surface area contributed by atoms with Gasteiger partial charge in [0.25, 0.3) is 0 Å². The molecule has 4 nitrogen and oxygen atoms in total. The topological polar surface area (TPSA) is 58.2 Å². The summed E-state index contributed by atoms with van der Waals surface area (Å²) in [6, 6.07) is 5.71. The van der Waals surface area contributed by atoms with Crippen molar-refractivity contribution in [3.05, 3.63) is 29.3 Å². The van der Waals surface area contributed by atoms with Crippen LogP contribution >= 0.6 is 0 Å². The normalized spacial score (nSPS) is 15.8. The molecule has 82 valence electrons. The van der Waals surface area contributed by atoms with E-state index in [-0.39, 0.29) is 0 Å². The summed E-state index contributed by atoms with van der Waals surface area (Å²) in [5, 5.41) is 3.25. The minimum Gasteiger partial charge on any atom is -0.312 e. The molecule has 0 bridgehead atoms. The Kier molecular flexibility index (Phi) is 2.67. The van der Waals surface area contributed by atoms with Crippen LogP contribution in [-0.2, 0) is 23.0 Å². The van der Waals surface area contributed by atoms with Crippen LogP contribution in [0.4, 0.5) is 5.69 Å². The SMILES string of the molecule is CS(=O)(=O)Nc1cccc2c1CCNC2. The van der Waals surface area contributed by atoms with E-state index < -0.39 is 10.0 Å². The number of hydrogen-bond acceptors (Lipinski definition) is 3. The van der Waals surface area contributed by atoms with Gasteiger partial charge < -0.3 is 5.32 Å². The maximum absolute atomic E-state index is 11.2. The van der Waals surface area contributed by atoms with E-state index in [2.05, 4.69) is 10.0 Å². The molecule has 1 aromatic carbocycles. The second-order valence-electron chi connectivity index (χ2n) is 3.74. The Labute approximate surface area is 89.7 Å². The van der Waals surface area contributed by atoms with Crippen molar-refractivity contribution in [3.8, 4) is 0 Å². The lowest BCUT2D eigenvalue weighted by atomic mass is 9.99. The van der Waals surface area contributed by atoms with E-state index in [4.69, 9.17) is 0 Å². The Morgan fingerprint density at radius 3 is 2.93 bits per heavy atom. The van der Waals surface area contributed by atoms with Crippen LogP contribution < -0.4 is 10.0 Å². The number of fused-ring (bicyclic) bond motifs is 1. The molecule has 0 radical (unpaired) electrons. The first-order chi connectivity index (χ1) is 7.06. The molecule has 1 aliphatic heterocycles. The molecule has 0 amide bonds. The molecule has 2 N–H and O–H groups in total. The molecular weight excluding hydrogens is 212 g/mol. The van der Waals surface area contributed by atoms with Crippen LogP contribution in [0.25, 0.3) is 0 Å². The minimum absolute atomic E-state index is 0.719. The van der Waals surface area contributed by atoms with E-state index in [9.17, 15) is 8.42 Å². The molecular formula is C10H14N2O2S. The predicted molar refractivity (Wildman–Crippen MR) is 60.3 cm³/mol. The number of benzene rings is 1. The van der Waals surface area contributed by atoms with Gasteiger partial charge in [-0.15, -0.1) is 0 Å². The van der Waals surface area contributed by atoms with Crippen molar-refractivity contribution < 1.29 is 8.42 Å². The zero-order valence-corrected chi connectivity index (χ0v) is 9.39. The molecule has 0 spiro atoms. The second-order valence-corrected chi connectivity index (χ2v) is 5.49. The summed E-state index contributed by atoms with van der Waals surface area (Å²) in [7, 11) is -3.18. The van der Waals surface area contributed by atoms with Crippen LogP contribution in [0.15, 0.2) is 18.2 Å². The van der Waals surface area contributed by atoms with Gasteiger partial charge in [0.2, 0.25) is 10.0 Å². The van der Waals surface area contributed by atoms with Gasteiger partial charge in [0, 0.05) is 6.54 Å². The summed E-state index contributed by atoms with van der Waals surface area (Å²) >= 11 is 0. The van der Waals surface area contributed by atoms with Crippen molar-refractivity contribution >= 4 is 15.7 Å². The van der Waals surface area contributed by atoms with Gasteiger partial charge in [-0.3, -0.25) is 4.72 Å². The molecule has 0 aliphatic carbocycles. The monoisotopic (exact) mass is 226 g/mol. The Morgan fingerprint density at radius 2 is 2.20 bits per heavy atom. The molecule has 1 aliphatic rings. The maximum Gasteiger partial charge on any atom is 0.229 e. The van der Waals surface area contributed by atoms with Crippen LogP contribution in [-0.4, -0.2) is 21.2 Å². The highest BCUT2D eigenvalue weighted by Crippen LogP contribution is 2.23. The smallest absolute Gasteiger partial charge is 0.229 e. The molecule has 1 heterocycles. The fourth-order valence-corrected chi connectivity index (χ4v) is 2.42. The maximum atomic E-state index is 11.2. The summed E-state index contributed by atoms with van der Waals surface area (Å²) in [6.07, 6.45) is 2.04. The van der Waals surface area contributed by atoms with Crippen molar-refractivity contribution in [1.82, 2.24) is 5.32 Å². The lowest BCUT2D eigenvalue weighted by molar-refractivity contribution is 0.606. The van der Waals surface area contributed by atoms with Gasteiger partial charge in [-0.1, -0.05) is 12.1 Å². The lowest BCUT2D eigenvalue weighted by Crippen LogP contribution is -2.25. The van der Waals surface area contributed by atoms with E-state index in [0.717, 1.165) is 30.8 Å². The largest absolute Gasteiger partial charge is 0.312 e. The zero-order valence-electron chi connectivity index (χ0n) is 8.58. The number of anilines is 1. The van der Waals surface area contributed by atoms with Crippen molar-refractivity contribution in [1.29, 1.82) is 0 Å². The second kappa shape index (κ2) is 3.83. The molecule has 0 saturated heterocycles. The third kappa shape index (κ3) is 2.49. The van der Waals surface area contributed by atoms with Gasteiger partial charge in [-0.05, 0) is 30.2 Å². The highest BCUT2D eigenvalue weighted by Gasteiger charge is 2.14. The molecule has 0 fully saturated rings. The summed E-state index contributed by atoms with van der Waals surface area (Å²) in [5.74, 6) is 0. The molecule has 0 atom stereocenters. The first kappa shape index (κ1) is 10.4. The average Bonchev–Trinajstić information content (AvgIpc) is 2.16. The molecule has 0 saturated carbocycles. The van der Waals surface area contributed by atoms with Gasteiger partial charge in [-0.2, -0.15) is 0 Å². The Hall–Kier alpha value is -1.07. The third-order valence-electron chi connectivity index (χ3n) is 2.44. The molecule has 2 rings (SSSR count). The van der Waals surface area contributed by atoms with E-state index in [1.54, 1.807) is 0 Å². The van der Waals surface area contributed by atoms with Crippen LogP contribution in [0, 0.1) is 0 Å². The Bertz CT molecular complexity index is 468. The lowest BCUT2D eigenvalue weighted by Gasteiger charge is -2.20. The zero-order chi connectivity index (χ0) is 10.9. The van der Waals surface area contributed by atoms with Gasteiger partial charge in [0.1, 0.15) is 0 Å². The summed E-state index contributed by atoms with van der Waals surface area (Å²) in [4.78, 5) is 0. The van der Waals surface area contributed by atoms with Crippen LogP contribution in [0.5, 0.6) is 0 Å². The highest BCUT2D eigenvalue weighted by atomic mass is 32.2. The molecule has 0 aromatic heterocycles. The molecule has 5 heteroatoms. The van der Waals surface area contributed by atoms with Gasteiger partial charge in [-0.25, -0.2) is 8.42 Å². The quantitative estimate of drug-likeness (QED) is 0.780. The number of rotatable bonds is 2. The van der Waals surface area contributed by atoms with Crippen molar-refractivity contribution in [2.45, 2.75) is 13.0 Å². The van der Waals surface area contributed by atoms with Crippen LogP contribution in [0.2, 0.25) is 0 Å². The fraction of sp³-hybridized carbons (Fsp3) is 0.400. The van der Waals surface area contributed by atoms with Crippen molar-refractivity contribution in [3.63, 3.8) is 0 Å². The van der Waals surface area contributed by atoms with Crippen molar-refractivity contribution in [2.24, 2.45) is 0 Å². The molecule has 15 heavy (non-hydrogen) atoms. The van der Waals surface area contributed by atoms with E-state index >= 15 is 0 Å². The third-order valence-corrected chi connectivity index (χ3v) is 3.03. The first-order valence-electron chi connectivity index (χ1n) is 4.85. The summed E-state index contributed by atoms with van der Waals surface area (Å²) in [6.45, 7) is 1.71. The minimum atomic E-state index is -3.18. The summed E-state index contributed by atoms with van der Waals surface area (Å²) in [5.41, 5.74) is 3.01. The number of nitrogens with one attached hydrogen (secondary N) is 2. The highest BCUT2D eigenvalue weighted by molar-refractivity contribution is 7.92. The standard InChI is InChI=1S/C10H14N2O2S/c1-15(13,14)12-10-4-2-3-8-7-11-6-5-9(8)10/h2-4,11-12H,5-7H2,1H3. The summed E-state index contributed by atoms with van der Waals surface area (Å²) < 4.78 is 24.9. The van der Waals surface area contributed by atoms with Crippen LogP contribution in [0.3, 0.4) is 0 Å². The molecule has 1 aromatic rings. The van der Waals surface area contributed by atoms with Gasteiger partial charge in [0.15, 0.2) is 0 Å². The average molecular weight is 226 g/mol. The Balaban J connectivity index is 2.39.